The van der Waals surface area contributed by atoms with E-state index in [0.717, 1.165) is 10.9 Å². The summed E-state index contributed by atoms with van der Waals surface area (Å²) < 4.78 is 22.1. The first-order chi connectivity index (χ1) is 7.04. The predicted molar refractivity (Wildman–Crippen MR) is 58.1 cm³/mol. The minimum absolute atomic E-state index is 0.113. The second kappa shape index (κ2) is 3.58. The van der Waals surface area contributed by atoms with Gasteiger partial charge >= 0.3 is 0 Å². The van der Waals surface area contributed by atoms with Crippen molar-refractivity contribution < 1.29 is 8.42 Å². The standard InChI is InChI=1S/C10H10N2O2S/c1-15(13,14)7-10-11-6-8-4-2-3-5-9(8)12-10/h2-6H,7H2,1H3. The van der Waals surface area contributed by atoms with E-state index >= 15 is 0 Å². The summed E-state index contributed by atoms with van der Waals surface area (Å²) in [6.45, 7) is 0. The highest BCUT2D eigenvalue weighted by Gasteiger charge is 2.07. The van der Waals surface area contributed by atoms with Gasteiger partial charge < -0.3 is 0 Å². The maximum absolute atomic E-state index is 11.1. The average Bonchev–Trinajstić information content (AvgIpc) is 2.15. The van der Waals surface area contributed by atoms with E-state index in [1.165, 1.54) is 6.26 Å². The molecule has 0 aliphatic heterocycles. The molecule has 0 aliphatic rings. The van der Waals surface area contributed by atoms with Gasteiger partial charge in [-0.15, -0.1) is 0 Å². The minimum Gasteiger partial charge on any atom is -0.240 e. The summed E-state index contributed by atoms with van der Waals surface area (Å²) in [5, 5.41) is 0.912. The zero-order valence-corrected chi connectivity index (χ0v) is 9.03. The highest BCUT2D eigenvalue weighted by atomic mass is 32.2. The summed E-state index contributed by atoms with van der Waals surface area (Å²) in [5.74, 6) is 0.230. The van der Waals surface area contributed by atoms with E-state index in [0.29, 0.717) is 5.82 Å². The number of rotatable bonds is 2. The molecule has 0 unspecified atom stereocenters. The highest BCUT2D eigenvalue weighted by Crippen LogP contribution is 2.10. The number of para-hydroxylation sites is 1. The van der Waals surface area contributed by atoms with Crippen LogP contribution in [0, 0.1) is 0 Å². The molecule has 2 aromatic rings. The molecule has 0 saturated carbocycles. The number of nitrogens with zero attached hydrogens (tertiary/aromatic N) is 2. The summed E-state index contributed by atoms with van der Waals surface area (Å²) in [7, 11) is -3.07. The van der Waals surface area contributed by atoms with E-state index in [1.807, 2.05) is 24.3 Å². The van der Waals surface area contributed by atoms with Crippen molar-refractivity contribution in [2.75, 3.05) is 6.26 Å². The first-order valence-corrected chi connectivity index (χ1v) is 6.49. The average molecular weight is 222 g/mol. The molecule has 0 radical (unpaired) electrons. The molecule has 1 aromatic carbocycles. The molecule has 0 bridgehead atoms. The molecule has 0 fully saturated rings. The van der Waals surface area contributed by atoms with Crippen LogP contribution >= 0.6 is 0 Å². The molecule has 0 spiro atoms. The topological polar surface area (TPSA) is 59.9 Å². The third-order valence-corrected chi connectivity index (χ3v) is 2.71. The number of hydrogen-bond acceptors (Lipinski definition) is 4. The van der Waals surface area contributed by atoms with Gasteiger partial charge in [0, 0.05) is 17.8 Å². The van der Waals surface area contributed by atoms with Crippen LogP contribution in [0.5, 0.6) is 0 Å². The van der Waals surface area contributed by atoms with E-state index in [1.54, 1.807) is 6.20 Å². The quantitative estimate of drug-likeness (QED) is 0.765. The lowest BCUT2D eigenvalue weighted by atomic mass is 10.2. The predicted octanol–water partition coefficient (Wildman–Crippen LogP) is 1.17. The SMILES string of the molecule is CS(=O)(=O)Cc1ncc2ccccc2n1. The minimum atomic E-state index is -3.07. The van der Waals surface area contributed by atoms with E-state index < -0.39 is 9.84 Å². The van der Waals surface area contributed by atoms with Crippen LogP contribution in [0.1, 0.15) is 5.82 Å². The zero-order chi connectivity index (χ0) is 10.9. The number of aromatic nitrogens is 2. The number of benzene rings is 1. The summed E-state index contributed by atoms with van der Waals surface area (Å²) in [5.41, 5.74) is 0.770. The van der Waals surface area contributed by atoms with Gasteiger partial charge in [-0.25, -0.2) is 18.4 Å². The normalized spacial score (nSPS) is 11.8. The van der Waals surface area contributed by atoms with Gasteiger partial charge in [0.05, 0.1) is 5.52 Å². The fourth-order valence-corrected chi connectivity index (χ4v) is 1.92. The van der Waals surface area contributed by atoms with E-state index in [9.17, 15) is 8.42 Å². The monoisotopic (exact) mass is 222 g/mol. The lowest BCUT2D eigenvalue weighted by molar-refractivity contribution is 0.600. The summed E-state index contributed by atoms with van der Waals surface area (Å²) in [6, 6.07) is 7.48. The Bertz CT molecular complexity index is 593. The van der Waals surface area contributed by atoms with Crippen LogP contribution in [0.4, 0.5) is 0 Å². The lowest BCUT2D eigenvalue weighted by Crippen LogP contribution is -2.04. The van der Waals surface area contributed by atoms with Crippen molar-refractivity contribution in [3.05, 3.63) is 36.3 Å². The number of fused-ring (bicyclic) bond motifs is 1. The lowest BCUT2D eigenvalue weighted by Gasteiger charge is -2.00. The van der Waals surface area contributed by atoms with E-state index in [-0.39, 0.29) is 5.75 Å². The van der Waals surface area contributed by atoms with Gasteiger partial charge in [-0.1, -0.05) is 18.2 Å². The molecule has 4 nitrogen and oxygen atoms in total. The third kappa shape index (κ3) is 2.50. The van der Waals surface area contributed by atoms with Crippen LogP contribution in [-0.2, 0) is 15.6 Å². The van der Waals surface area contributed by atoms with Crippen molar-refractivity contribution in [2.24, 2.45) is 0 Å². The Morgan fingerprint density at radius 3 is 2.73 bits per heavy atom. The second-order valence-corrected chi connectivity index (χ2v) is 5.56. The molecule has 78 valence electrons. The van der Waals surface area contributed by atoms with Crippen molar-refractivity contribution in [2.45, 2.75) is 5.75 Å². The summed E-state index contributed by atoms with van der Waals surface area (Å²) >= 11 is 0. The first-order valence-electron chi connectivity index (χ1n) is 4.43. The fourth-order valence-electron chi connectivity index (χ4n) is 1.31. The van der Waals surface area contributed by atoms with E-state index in [4.69, 9.17) is 0 Å². The van der Waals surface area contributed by atoms with Crippen molar-refractivity contribution in [3.63, 3.8) is 0 Å². The van der Waals surface area contributed by atoms with Gasteiger partial charge in [-0.05, 0) is 6.07 Å². The molecule has 2 rings (SSSR count). The fraction of sp³-hybridized carbons (Fsp3) is 0.200. The third-order valence-electron chi connectivity index (χ3n) is 1.93. The Labute approximate surface area is 87.9 Å². The van der Waals surface area contributed by atoms with Gasteiger partial charge in [0.1, 0.15) is 11.6 Å². The molecular weight excluding hydrogens is 212 g/mol. The molecule has 0 saturated heterocycles. The molecule has 0 aliphatic carbocycles. The number of hydrogen-bond donors (Lipinski definition) is 0. The first kappa shape index (κ1) is 10.0. The molecule has 0 amide bonds. The Hall–Kier alpha value is -1.49. The maximum atomic E-state index is 11.1. The molecule has 1 heterocycles. The summed E-state index contributed by atoms with van der Waals surface area (Å²) in [6.07, 6.45) is 2.81. The Balaban J connectivity index is 2.48. The smallest absolute Gasteiger partial charge is 0.154 e. The van der Waals surface area contributed by atoms with Gasteiger partial charge in [0.25, 0.3) is 0 Å². The van der Waals surface area contributed by atoms with Crippen LogP contribution in [0.15, 0.2) is 30.5 Å². The van der Waals surface area contributed by atoms with Gasteiger partial charge in [0.15, 0.2) is 9.84 Å². The molecular formula is C10H10N2O2S. The van der Waals surface area contributed by atoms with Crippen molar-refractivity contribution in [1.82, 2.24) is 9.97 Å². The molecule has 0 N–H and O–H groups in total. The van der Waals surface area contributed by atoms with Crippen molar-refractivity contribution >= 4 is 20.7 Å². The van der Waals surface area contributed by atoms with Crippen LogP contribution in [0.2, 0.25) is 0 Å². The molecule has 5 heteroatoms. The molecule has 15 heavy (non-hydrogen) atoms. The Morgan fingerprint density at radius 2 is 2.00 bits per heavy atom. The van der Waals surface area contributed by atoms with Crippen LogP contribution in [0.25, 0.3) is 10.9 Å². The van der Waals surface area contributed by atoms with Gasteiger partial charge in [0.2, 0.25) is 0 Å². The van der Waals surface area contributed by atoms with Gasteiger partial charge in [-0.2, -0.15) is 0 Å². The van der Waals surface area contributed by atoms with Crippen LogP contribution in [-0.4, -0.2) is 24.6 Å². The number of sulfone groups is 1. The Kier molecular flexibility index (Phi) is 2.40. The Morgan fingerprint density at radius 1 is 1.27 bits per heavy atom. The maximum Gasteiger partial charge on any atom is 0.154 e. The zero-order valence-electron chi connectivity index (χ0n) is 8.21. The van der Waals surface area contributed by atoms with Gasteiger partial charge in [-0.3, -0.25) is 0 Å². The highest BCUT2D eigenvalue weighted by molar-refractivity contribution is 7.89. The second-order valence-electron chi connectivity index (χ2n) is 3.42. The van der Waals surface area contributed by atoms with Crippen molar-refractivity contribution in [3.8, 4) is 0 Å². The van der Waals surface area contributed by atoms with Crippen LogP contribution in [0.3, 0.4) is 0 Å². The summed E-state index contributed by atoms with van der Waals surface area (Å²) in [4.78, 5) is 8.17. The van der Waals surface area contributed by atoms with E-state index in [2.05, 4.69) is 9.97 Å². The largest absolute Gasteiger partial charge is 0.240 e. The molecule has 1 aromatic heterocycles. The molecule has 0 atom stereocenters. The van der Waals surface area contributed by atoms with Crippen molar-refractivity contribution in [1.29, 1.82) is 0 Å². The van der Waals surface area contributed by atoms with Crippen LogP contribution < -0.4 is 0 Å².